The lowest BCUT2D eigenvalue weighted by atomic mass is 10.2. The Morgan fingerprint density at radius 1 is 1.33 bits per heavy atom. The normalized spacial score (nSPS) is 10.4. The number of benzene rings is 1. The number of anilines is 1. The van der Waals surface area contributed by atoms with Gasteiger partial charge in [0.1, 0.15) is 16.8 Å². The van der Waals surface area contributed by atoms with Crippen LogP contribution >= 0.6 is 11.3 Å². The number of hydrogen-bond donors (Lipinski definition) is 1. The number of carbonyl (C=O) groups is 1. The van der Waals surface area contributed by atoms with Crippen LogP contribution < -0.4 is 10.1 Å². The molecule has 0 bridgehead atoms. The van der Waals surface area contributed by atoms with Crippen LogP contribution in [0, 0.1) is 11.3 Å². The summed E-state index contributed by atoms with van der Waals surface area (Å²) in [5.74, 6) is 0.792. The van der Waals surface area contributed by atoms with E-state index < -0.39 is 0 Å². The molecule has 1 aromatic heterocycles. The van der Waals surface area contributed by atoms with Crippen LogP contribution in [-0.2, 0) is 11.3 Å². The average molecular weight is 343 g/mol. The smallest absolute Gasteiger partial charge is 0.226 e. The van der Waals surface area contributed by atoms with E-state index in [-0.39, 0.29) is 5.91 Å². The molecular formula is C18H21N3O2S. The summed E-state index contributed by atoms with van der Waals surface area (Å²) >= 11 is 1.36. The largest absolute Gasteiger partial charge is 0.494 e. The van der Waals surface area contributed by atoms with E-state index in [1.54, 1.807) is 11.4 Å². The van der Waals surface area contributed by atoms with Crippen molar-refractivity contribution in [2.75, 3.05) is 25.5 Å². The highest BCUT2D eigenvalue weighted by atomic mass is 32.1. The van der Waals surface area contributed by atoms with Gasteiger partial charge in [-0.05, 0) is 43.1 Å². The number of thiophene rings is 1. The van der Waals surface area contributed by atoms with Gasteiger partial charge >= 0.3 is 0 Å². The van der Waals surface area contributed by atoms with E-state index in [2.05, 4.69) is 16.3 Å². The SMILES string of the molecule is CCOc1ccc(CN(C)CCC(=O)Nc2sccc2C#N)cc1. The fourth-order valence-corrected chi connectivity index (χ4v) is 2.98. The summed E-state index contributed by atoms with van der Waals surface area (Å²) in [4.78, 5) is 14.1. The average Bonchev–Trinajstić information content (AvgIpc) is 3.02. The van der Waals surface area contributed by atoms with Gasteiger partial charge in [-0.25, -0.2) is 0 Å². The predicted molar refractivity (Wildman–Crippen MR) is 96.2 cm³/mol. The molecule has 2 aromatic rings. The summed E-state index contributed by atoms with van der Waals surface area (Å²) in [6.07, 6.45) is 0.385. The zero-order chi connectivity index (χ0) is 17.4. The molecule has 1 aromatic carbocycles. The first-order valence-electron chi connectivity index (χ1n) is 7.80. The van der Waals surface area contributed by atoms with Crippen LogP contribution in [0.4, 0.5) is 5.00 Å². The van der Waals surface area contributed by atoms with Crippen LogP contribution in [-0.4, -0.2) is 31.0 Å². The minimum atomic E-state index is -0.0764. The van der Waals surface area contributed by atoms with Crippen molar-refractivity contribution in [2.45, 2.75) is 19.9 Å². The molecule has 1 heterocycles. The third kappa shape index (κ3) is 5.37. The Bertz CT molecular complexity index is 704. The predicted octanol–water partition coefficient (Wildman–Crippen LogP) is 3.48. The Morgan fingerprint density at radius 3 is 2.75 bits per heavy atom. The van der Waals surface area contributed by atoms with E-state index in [0.717, 1.165) is 12.3 Å². The Kier molecular flexibility index (Phi) is 6.79. The van der Waals surface area contributed by atoms with Gasteiger partial charge in [0.15, 0.2) is 0 Å². The third-order valence-corrected chi connectivity index (χ3v) is 4.28. The molecule has 0 aliphatic rings. The fourth-order valence-electron chi connectivity index (χ4n) is 2.22. The molecule has 0 saturated carbocycles. The van der Waals surface area contributed by atoms with Crippen LogP contribution in [0.3, 0.4) is 0 Å². The summed E-state index contributed by atoms with van der Waals surface area (Å²) in [6.45, 7) is 4.03. The number of carbonyl (C=O) groups excluding carboxylic acids is 1. The quantitative estimate of drug-likeness (QED) is 0.797. The molecule has 0 saturated heterocycles. The van der Waals surface area contributed by atoms with E-state index in [1.165, 1.54) is 16.9 Å². The highest BCUT2D eigenvalue weighted by Crippen LogP contribution is 2.22. The van der Waals surface area contributed by atoms with E-state index in [9.17, 15) is 4.79 Å². The standard InChI is InChI=1S/C18H21N3O2S/c1-3-23-16-6-4-14(5-7-16)13-21(2)10-8-17(22)20-18-15(12-19)9-11-24-18/h4-7,9,11H,3,8,10,13H2,1-2H3,(H,20,22). The second-order valence-electron chi connectivity index (χ2n) is 5.39. The first-order valence-corrected chi connectivity index (χ1v) is 8.68. The highest BCUT2D eigenvalue weighted by molar-refractivity contribution is 7.14. The van der Waals surface area contributed by atoms with Crippen LogP contribution in [0.25, 0.3) is 0 Å². The van der Waals surface area contributed by atoms with Gasteiger partial charge in [0.05, 0.1) is 12.2 Å². The minimum Gasteiger partial charge on any atom is -0.494 e. The topological polar surface area (TPSA) is 65.4 Å². The zero-order valence-electron chi connectivity index (χ0n) is 13.9. The number of nitrogens with zero attached hydrogens (tertiary/aromatic N) is 2. The van der Waals surface area contributed by atoms with E-state index in [1.807, 2.05) is 38.2 Å². The van der Waals surface area contributed by atoms with Crippen molar-refractivity contribution < 1.29 is 9.53 Å². The number of nitrogens with one attached hydrogen (secondary N) is 1. The molecule has 1 amide bonds. The van der Waals surface area contributed by atoms with Crippen molar-refractivity contribution in [3.8, 4) is 11.8 Å². The molecule has 0 unspecified atom stereocenters. The number of rotatable bonds is 8. The Labute approximate surface area is 146 Å². The summed E-state index contributed by atoms with van der Waals surface area (Å²) in [5.41, 5.74) is 1.68. The number of amides is 1. The molecule has 1 N–H and O–H groups in total. The summed E-state index contributed by atoms with van der Waals surface area (Å²) < 4.78 is 5.43. The van der Waals surface area contributed by atoms with Gasteiger partial charge < -0.3 is 15.0 Å². The highest BCUT2D eigenvalue weighted by Gasteiger charge is 2.09. The van der Waals surface area contributed by atoms with Gasteiger partial charge in [0, 0.05) is 19.5 Å². The van der Waals surface area contributed by atoms with E-state index in [0.29, 0.717) is 30.1 Å². The maximum atomic E-state index is 12.0. The number of ether oxygens (including phenoxy) is 1. The molecule has 126 valence electrons. The van der Waals surface area contributed by atoms with Crippen molar-refractivity contribution in [1.29, 1.82) is 5.26 Å². The Morgan fingerprint density at radius 2 is 2.08 bits per heavy atom. The van der Waals surface area contributed by atoms with Crippen molar-refractivity contribution in [3.63, 3.8) is 0 Å². The van der Waals surface area contributed by atoms with Crippen molar-refractivity contribution >= 4 is 22.2 Å². The Hall–Kier alpha value is -2.36. The van der Waals surface area contributed by atoms with Gasteiger partial charge in [-0.2, -0.15) is 5.26 Å². The first kappa shape index (κ1) is 18.0. The number of hydrogen-bond acceptors (Lipinski definition) is 5. The summed E-state index contributed by atoms with van der Waals surface area (Å²) in [5, 5.41) is 14.2. The Balaban J connectivity index is 1.77. The first-order chi connectivity index (χ1) is 11.6. The van der Waals surface area contributed by atoms with E-state index in [4.69, 9.17) is 10.00 Å². The molecule has 2 rings (SSSR count). The van der Waals surface area contributed by atoms with Crippen LogP contribution in [0.2, 0.25) is 0 Å². The van der Waals surface area contributed by atoms with Gasteiger partial charge in [0.25, 0.3) is 0 Å². The fraction of sp³-hybridized carbons (Fsp3) is 0.333. The molecular weight excluding hydrogens is 322 g/mol. The van der Waals surface area contributed by atoms with Gasteiger partial charge in [-0.1, -0.05) is 12.1 Å². The molecule has 0 fully saturated rings. The third-order valence-electron chi connectivity index (χ3n) is 3.45. The molecule has 0 radical (unpaired) electrons. The minimum absolute atomic E-state index is 0.0764. The molecule has 0 atom stereocenters. The number of nitriles is 1. The monoisotopic (exact) mass is 343 g/mol. The molecule has 0 aliphatic heterocycles. The lowest BCUT2D eigenvalue weighted by molar-refractivity contribution is -0.116. The molecule has 24 heavy (non-hydrogen) atoms. The van der Waals surface area contributed by atoms with Crippen molar-refractivity contribution in [2.24, 2.45) is 0 Å². The summed E-state index contributed by atoms with van der Waals surface area (Å²) in [7, 11) is 1.98. The summed E-state index contributed by atoms with van der Waals surface area (Å²) in [6, 6.07) is 11.8. The molecule has 0 spiro atoms. The molecule has 5 nitrogen and oxygen atoms in total. The van der Waals surface area contributed by atoms with Crippen molar-refractivity contribution in [1.82, 2.24) is 4.90 Å². The van der Waals surface area contributed by atoms with Gasteiger partial charge in [-0.3, -0.25) is 4.79 Å². The molecule has 6 heteroatoms. The van der Waals surface area contributed by atoms with Crippen molar-refractivity contribution in [3.05, 3.63) is 46.8 Å². The second-order valence-corrected chi connectivity index (χ2v) is 6.30. The van der Waals surface area contributed by atoms with Gasteiger partial charge in [0.2, 0.25) is 5.91 Å². The van der Waals surface area contributed by atoms with E-state index >= 15 is 0 Å². The second kappa shape index (κ2) is 9.06. The maximum Gasteiger partial charge on any atom is 0.226 e. The maximum absolute atomic E-state index is 12.0. The lowest BCUT2D eigenvalue weighted by Gasteiger charge is -2.16. The van der Waals surface area contributed by atoms with Crippen LogP contribution in [0.15, 0.2) is 35.7 Å². The van der Waals surface area contributed by atoms with Gasteiger partial charge in [-0.15, -0.1) is 11.3 Å². The molecule has 0 aliphatic carbocycles. The van der Waals surface area contributed by atoms with Crippen LogP contribution in [0.1, 0.15) is 24.5 Å². The zero-order valence-corrected chi connectivity index (χ0v) is 14.7. The van der Waals surface area contributed by atoms with Crippen LogP contribution in [0.5, 0.6) is 5.75 Å². The lowest BCUT2D eigenvalue weighted by Crippen LogP contribution is -2.24.